The lowest BCUT2D eigenvalue weighted by atomic mass is 9.91. The van der Waals surface area contributed by atoms with Crippen molar-refractivity contribution in [3.8, 4) is 17.4 Å². The highest BCUT2D eigenvalue weighted by atomic mass is 32.2. The number of allylic oxidation sites excluding steroid dienone is 2. The van der Waals surface area contributed by atoms with E-state index in [4.69, 9.17) is 19.2 Å². The molecule has 3 amide bonds. The van der Waals surface area contributed by atoms with Crippen molar-refractivity contribution in [2.45, 2.75) is 127 Å². The van der Waals surface area contributed by atoms with Gasteiger partial charge < -0.3 is 24.4 Å². The van der Waals surface area contributed by atoms with Crippen molar-refractivity contribution >= 4 is 44.4 Å². The number of nitrogens with one attached hydrogen (secondary N) is 2. The zero-order valence-corrected chi connectivity index (χ0v) is 35.2. The summed E-state index contributed by atoms with van der Waals surface area (Å²) in [5, 5.41) is 6.99. The highest BCUT2D eigenvalue weighted by Gasteiger charge is 2.62. The first kappa shape index (κ1) is 43.0. The van der Waals surface area contributed by atoms with E-state index in [2.05, 4.69) is 15.1 Å². The van der Waals surface area contributed by atoms with Crippen LogP contribution in [0.2, 0.25) is 0 Å². The van der Waals surface area contributed by atoms with Crippen LogP contribution in [-0.2, 0) is 24.4 Å². The minimum Gasteiger partial charge on any atom is -0.496 e. The third-order valence-corrected chi connectivity index (χ3v) is 14.4. The summed E-state index contributed by atoms with van der Waals surface area (Å²) in [7, 11) is -2.46. The van der Waals surface area contributed by atoms with E-state index >= 15 is 0 Å². The highest BCUT2D eigenvalue weighted by molar-refractivity contribution is 7.91. The number of halogens is 2. The molecule has 0 radical (unpaired) electrons. The average molecular weight is 855 g/mol. The fraction of sp³-hybridized carbons (Fsp3) is 0.571. The molecular weight excluding hydrogens is 803 g/mol. The topological polar surface area (TPSA) is 188 Å². The predicted octanol–water partition coefficient (Wildman–Crippen LogP) is 5.56. The molecule has 7 rings (SSSR count). The van der Waals surface area contributed by atoms with E-state index in [-0.39, 0.29) is 49.9 Å². The molecule has 4 aliphatic rings. The van der Waals surface area contributed by atoms with Gasteiger partial charge in [-0.1, -0.05) is 25.0 Å². The Morgan fingerprint density at radius 3 is 2.52 bits per heavy atom. The summed E-state index contributed by atoms with van der Waals surface area (Å²) >= 11 is 0. The van der Waals surface area contributed by atoms with E-state index in [0.717, 1.165) is 24.2 Å². The number of alkyl halides is 2. The van der Waals surface area contributed by atoms with Crippen molar-refractivity contribution in [2.75, 3.05) is 13.7 Å². The van der Waals surface area contributed by atoms with Gasteiger partial charge in [0, 0.05) is 36.1 Å². The molecule has 1 aromatic carbocycles. The smallest absolute Gasteiger partial charge is 0.333 e. The van der Waals surface area contributed by atoms with Crippen LogP contribution in [0.5, 0.6) is 17.4 Å². The molecule has 15 nitrogen and oxygen atoms in total. The fourth-order valence-corrected chi connectivity index (χ4v) is 9.58. The second kappa shape index (κ2) is 16.7. The van der Waals surface area contributed by atoms with Crippen LogP contribution in [-0.4, -0.2) is 94.3 Å². The number of aryl methyl sites for hydroxylation is 1. The van der Waals surface area contributed by atoms with E-state index in [1.54, 1.807) is 32.2 Å². The van der Waals surface area contributed by atoms with E-state index in [1.165, 1.54) is 4.90 Å². The van der Waals surface area contributed by atoms with E-state index in [0.29, 0.717) is 59.2 Å². The first-order valence-electron chi connectivity index (χ1n) is 20.5. The van der Waals surface area contributed by atoms with Gasteiger partial charge in [-0.2, -0.15) is 13.9 Å². The van der Waals surface area contributed by atoms with Gasteiger partial charge in [-0.25, -0.2) is 18.1 Å². The summed E-state index contributed by atoms with van der Waals surface area (Å²) in [5.74, 6) is -1.75. The Labute approximate surface area is 347 Å². The molecule has 1 saturated heterocycles. The predicted molar refractivity (Wildman–Crippen MR) is 215 cm³/mol. The van der Waals surface area contributed by atoms with Gasteiger partial charge in [-0.15, -0.1) is 0 Å². The summed E-state index contributed by atoms with van der Waals surface area (Å²) in [6.45, 7) is 4.10. The van der Waals surface area contributed by atoms with Gasteiger partial charge >= 0.3 is 6.55 Å². The van der Waals surface area contributed by atoms with Crippen molar-refractivity contribution in [3.05, 3.63) is 53.9 Å². The van der Waals surface area contributed by atoms with Gasteiger partial charge in [0.25, 0.3) is 5.91 Å². The molecule has 3 aromatic rings. The summed E-state index contributed by atoms with van der Waals surface area (Å²) < 4.78 is 72.9. The summed E-state index contributed by atoms with van der Waals surface area (Å²) in [5.41, 5.74) is -0.351. The maximum Gasteiger partial charge on any atom is 0.333 e. The Morgan fingerprint density at radius 2 is 1.83 bits per heavy atom. The van der Waals surface area contributed by atoms with Crippen LogP contribution in [0.25, 0.3) is 10.9 Å². The third-order valence-electron chi connectivity index (χ3n) is 12.2. The first-order valence-corrected chi connectivity index (χ1v) is 22.0. The van der Waals surface area contributed by atoms with Crippen molar-refractivity contribution in [1.29, 1.82) is 0 Å². The second-order valence-electron chi connectivity index (χ2n) is 16.9. The normalized spacial score (nSPS) is 26.1. The van der Waals surface area contributed by atoms with Crippen LogP contribution in [0.15, 0.2) is 42.6 Å². The molecule has 324 valence electrons. The second-order valence-corrected chi connectivity index (χ2v) is 19.1. The number of carbonyl (C=O) groups is 4. The Balaban J connectivity index is 1.23. The van der Waals surface area contributed by atoms with E-state index in [9.17, 15) is 36.4 Å². The van der Waals surface area contributed by atoms with Crippen LogP contribution in [0.1, 0.15) is 108 Å². The monoisotopic (exact) mass is 854 g/mol. The molecule has 2 aliphatic heterocycles. The zero-order chi connectivity index (χ0) is 43.1. The number of sulfonamides is 1. The SMILES string of the molecule is COc1ccc2c(O[C@@H]3C[C@H]4C(=O)C[C@]5(C(=O)NS(=O)(=O)C6(C)CC6)C[C@H]5/C=C\CCCCC[C@H](NC(=O)c5ccn(C(F)F)n5)C(=O)N4C3)cc(OC(C)C)nc2c1C. The van der Waals surface area contributed by atoms with Crippen molar-refractivity contribution in [1.82, 2.24) is 29.7 Å². The fourth-order valence-electron chi connectivity index (χ4n) is 8.24. The number of ketones is 1. The Morgan fingerprint density at radius 1 is 1.07 bits per heavy atom. The number of carbonyl (C=O) groups excluding carboxylic acids is 4. The van der Waals surface area contributed by atoms with Gasteiger partial charge in [0.05, 0.1) is 41.5 Å². The number of Topliss-reactive ketones (excluding diaryl/α,β-unsaturated/α-hetero) is 1. The Hall–Kier alpha value is -5.13. The van der Waals surface area contributed by atoms with Gasteiger partial charge in [0.15, 0.2) is 5.78 Å². The Kier molecular flexibility index (Phi) is 12.0. The van der Waals surface area contributed by atoms with E-state index in [1.807, 2.05) is 32.9 Å². The molecule has 60 heavy (non-hydrogen) atoms. The lowest BCUT2D eigenvalue weighted by Gasteiger charge is -2.29. The van der Waals surface area contributed by atoms with E-state index < -0.39 is 74.3 Å². The standard InChI is InChI=1S/C42H52F2N6O9S/c1-24(2)58-35-20-34(28-13-14-33(57-5)25(3)36(28)46-35)59-27-19-31-32(51)22-42(39(54)48-60(55,56)41(4)16-17-41)21-26(42)11-9-7-6-8-10-12-30(38(53)49(31)23-27)45-37(52)29-15-18-50(47-29)40(43)44/h9,11,13-15,18,20,24,26-27,30-31,40H,6-8,10,12,16-17,19,21-23H2,1-5H3,(H,45,52)(H,48,54)/b11-9-/t26-,27-,30+,31+,42-/m1/s1. The minimum atomic E-state index is -4.01. The van der Waals surface area contributed by atoms with Crippen LogP contribution in [0.4, 0.5) is 8.78 Å². The van der Waals surface area contributed by atoms with Gasteiger partial charge in [0.1, 0.15) is 29.3 Å². The highest BCUT2D eigenvalue weighted by Crippen LogP contribution is 2.57. The number of pyridine rings is 1. The van der Waals surface area contributed by atoms with Crippen molar-refractivity contribution in [3.63, 3.8) is 0 Å². The molecule has 18 heteroatoms. The van der Waals surface area contributed by atoms with Gasteiger partial charge in [-0.05, 0) is 90.3 Å². The molecule has 5 atom stereocenters. The molecule has 0 unspecified atom stereocenters. The van der Waals surface area contributed by atoms with Crippen LogP contribution < -0.4 is 24.2 Å². The number of amides is 3. The number of aromatic nitrogens is 3. The maximum absolute atomic E-state index is 14.7. The molecular formula is C42H52F2N6O9S. The minimum absolute atomic E-state index is 0.0118. The van der Waals surface area contributed by atoms with Crippen LogP contribution in [0.3, 0.4) is 0 Å². The lowest BCUT2D eigenvalue weighted by molar-refractivity contribution is -0.140. The van der Waals surface area contributed by atoms with Crippen molar-refractivity contribution in [2.24, 2.45) is 11.3 Å². The zero-order valence-electron chi connectivity index (χ0n) is 34.4. The summed E-state index contributed by atoms with van der Waals surface area (Å²) in [4.78, 5) is 62.9. The molecule has 0 spiro atoms. The molecule has 0 bridgehead atoms. The van der Waals surface area contributed by atoms with Crippen LogP contribution in [0, 0.1) is 18.3 Å². The molecule has 2 N–H and O–H groups in total. The molecule has 2 saturated carbocycles. The summed E-state index contributed by atoms with van der Waals surface area (Å²) in [6.07, 6.45) is 7.28. The quantitative estimate of drug-likeness (QED) is 0.230. The number of fused-ring (bicyclic) bond motifs is 3. The number of hydrogen-bond acceptors (Lipinski definition) is 11. The molecule has 2 aromatic heterocycles. The maximum atomic E-state index is 14.7. The van der Waals surface area contributed by atoms with Crippen molar-refractivity contribution < 1.29 is 50.6 Å². The Bertz CT molecular complexity index is 2310. The molecule has 3 fully saturated rings. The lowest BCUT2D eigenvalue weighted by Crippen LogP contribution is -2.52. The molecule has 2 aliphatic carbocycles. The largest absolute Gasteiger partial charge is 0.496 e. The van der Waals surface area contributed by atoms with Gasteiger partial charge in [-0.3, -0.25) is 23.9 Å². The van der Waals surface area contributed by atoms with Gasteiger partial charge in [0.2, 0.25) is 27.7 Å². The first-order chi connectivity index (χ1) is 28.4. The number of ether oxygens (including phenoxy) is 3. The number of hydrogen-bond donors (Lipinski definition) is 2. The number of benzene rings is 1. The number of nitrogens with zero attached hydrogens (tertiary/aromatic N) is 4. The number of methoxy groups -OCH3 is 1. The van der Waals surface area contributed by atoms with Crippen LogP contribution >= 0.6 is 0 Å². The third kappa shape index (κ3) is 8.70. The number of rotatable bonds is 11. The average Bonchev–Trinajstić information content (AvgIpc) is 3.96. The summed E-state index contributed by atoms with van der Waals surface area (Å²) in [6, 6.07) is 4.07. The molecule has 4 heterocycles.